The highest BCUT2D eigenvalue weighted by Crippen LogP contribution is 2.49. The van der Waals surface area contributed by atoms with E-state index in [2.05, 4.69) is 32.6 Å². The van der Waals surface area contributed by atoms with E-state index in [1.54, 1.807) is 7.11 Å². The average Bonchev–Trinajstić information content (AvgIpc) is 2.84. The minimum atomic E-state index is -0.843. The van der Waals surface area contributed by atoms with E-state index < -0.39 is 6.09 Å². The Morgan fingerprint density at radius 2 is 1.79 bits per heavy atom. The molecule has 3 rings (SSSR count). The number of piperazine rings is 1. The number of fused-ring (bicyclic) bond motifs is 1. The topological polar surface area (TPSA) is 62.2 Å². The largest absolute Gasteiger partial charge is 0.492 e. The normalized spacial score (nSPS) is 19.0. The zero-order chi connectivity index (χ0) is 17.6. The molecule has 0 bridgehead atoms. The molecule has 0 aromatic heterocycles. The predicted octanol–water partition coefficient (Wildman–Crippen LogP) is 2.83. The number of benzene rings is 1. The van der Waals surface area contributed by atoms with Crippen molar-refractivity contribution >= 4 is 11.8 Å². The van der Waals surface area contributed by atoms with Crippen molar-refractivity contribution in [2.45, 2.75) is 39.7 Å². The molecule has 132 valence electrons. The van der Waals surface area contributed by atoms with Gasteiger partial charge in [-0.1, -0.05) is 0 Å². The highest BCUT2D eigenvalue weighted by atomic mass is 16.5. The Morgan fingerprint density at radius 1 is 1.17 bits per heavy atom. The third-order valence-corrected chi connectivity index (χ3v) is 5.04. The first kappa shape index (κ1) is 16.7. The summed E-state index contributed by atoms with van der Waals surface area (Å²) in [6, 6.07) is 0. The molecule has 1 N–H and O–H groups in total. The molecule has 0 aliphatic carbocycles. The number of hydrogen-bond donors (Lipinski definition) is 1. The smallest absolute Gasteiger partial charge is 0.407 e. The zero-order valence-electron chi connectivity index (χ0n) is 15.1. The van der Waals surface area contributed by atoms with E-state index in [1.165, 1.54) is 16.0 Å². The molecule has 1 fully saturated rings. The van der Waals surface area contributed by atoms with Crippen molar-refractivity contribution in [3.8, 4) is 11.5 Å². The van der Waals surface area contributed by atoms with Gasteiger partial charge < -0.3 is 24.4 Å². The van der Waals surface area contributed by atoms with Crippen LogP contribution in [0.25, 0.3) is 0 Å². The molecule has 0 radical (unpaired) electrons. The van der Waals surface area contributed by atoms with Crippen molar-refractivity contribution in [2.24, 2.45) is 0 Å². The average molecular weight is 334 g/mol. The van der Waals surface area contributed by atoms with Crippen LogP contribution in [0.5, 0.6) is 11.5 Å². The molecular weight excluding hydrogens is 308 g/mol. The third kappa shape index (κ3) is 2.64. The summed E-state index contributed by atoms with van der Waals surface area (Å²) in [5.74, 6) is 1.67. The lowest BCUT2D eigenvalue weighted by Crippen LogP contribution is -2.48. The van der Waals surface area contributed by atoms with Gasteiger partial charge in [-0.15, -0.1) is 0 Å². The lowest BCUT2D eigenvalue weighted by atomic mass is 9.93. The summed E-state index contributed by atoms with van der Waals surface area (Å²) in [5, 5.41) is 9.14. The highest BCUT2D eigenvalue weighted by molar-refractivity contribution is 5.73. The Bertz CT molecular complexity index is 676. The quantitative estimate of drug-likeness (QED) is 0.901. The van der Waals surface area contributed by atoms with Crippen LogP contribution in [0.4, 0.5) is 10.5 Å². The first-order valence-electron chi connectivity index (χ1n) is 8.37. The van der Waals surface area contributed by atoms with E-state index in [0.29, 0.717) is 26.2 Å². The van der Waals surface area contributed by atoms with Gasteiger partial charge in [0.1, 0.15) is 5.60 Å². The monoisotopic (exact) mass is 334 g/mol. The van der Waals surface area contributed by atoms with Crippen LogP contribution in [-0.4, -0.2) is 55.0 Å². The lowest BCUT2D eigenvalue weighted by Gasteiger charge is -2.37. The van der Waals surface area contributed by atoms with Crippen molar-refractivity contribution < 1.29 is 19.4 Å². The van der Waals surface area contributed by atoms with E-state index in [1.807, 2.05) is 0 Å². The summed E-state index contributed by atoms with van der Waals surface area (Å²) in [4.78, 5) is 14.9. The molecule has 0 atom stereocenters. The maximum absolute atomic E-state index is 11.1. The van der Waals surface area contributed by atoms with Crippen molar-refractivity contribution in [1.29, 1.82) is 0 Å². The Labute approximate surface area is 143 Å². The number of carboxylic acid groups (broad SMARTS) is 1. The van der Waals surface area contributed by atoms with Gasteiger partial charge in [0.15, 0.2) is 11.5 Å². The van der Waals surface area contributed by atoms with Crippen LogP contribution < -0.4 is 14.4 Å². The van der Waals surface area contributed by atoms with Crippen LogP contribution >= 0.6 is 0 Å². The Morgan fingerprint density at radius 3 is 2.33 bits per heavy atom. The molecule has 2 aliphatic rings. The summed E-state index contributed by atoms with van der Waals surface area (Å²) in [6.45, 7) is 10.8. The second-order valence-electron chi connectivity index (χ2n) is 7.23. The van der Waals surface area contributed by atoms with Gasteiger partial charge in [-0.3, -0.25) is 0 Å². The summed E-state index contributed by atoms with van der Waals surface area (Å²) >= 11 is 0. The van der Waals surface area contributed by atoms with Crippen molar-refractivity contribution in [1.82, 2.24) is 4.90 Å². The maximum atomic E-state index is 11.1. The van der Waals surface area contributed by atoms with Gasteiger partial charge in [0.05, 0.1) is 7.11 Å². The van der Waals surface area contributed by atoms with Crippen LogP contribution in [0.2, 0.25) is 0 Å². The van der Waals surface area contributed by atoms with Crippen molar-refractivity contribution in [3.05, 3.63) is 16.7 Å². The van der Waals surface area contributed by atoms with Crippen molar-refractivity contribution in [3.63, 3.8) is 0 Å². The van der Waals surface area contributed by atoms with Gasteiger partial charge >= 0.3 is 6.09 Å². The Balaban J connectivity index is 2.00. The number of nitrogens with zero attached hydrogens (tertiary/aromatic N) is 2. The molecule has 2 aliphatic heterocycles. The van der Waals surface area contributed by atoms with Gasteiger partial charge in [0, 0.05) is 49.4 Å². The van der Waals surface area contributed by atoms with Crippen molar-refractivity contribution in [2.75, 3.05) is 38.2 Å². The van der Waals surface area contributed by atoms with Crippen LogP contribution in [-0.2, 0) is 6.42 Å². The van der Waals surface area contributed by atoms with E-state index >= 15 is 0 Å². The van der Waals surface area contributed by atoms with Crippen LogP contribution in [0.15, 0.2) is 0 Å². The molecule has 24 heavy (non-hydrogen) atoms. The minimum Gasteiger partial charge on any atom is -0.492 e. The first-order chi connectivity index (χ1) is 11.2. The molecule has 1 aromatic carbocycles. The summed E-state index contributed by atoms with van der Waals surface area (Å²) in [5.41, 5.74) is 4.43. The maximum Gasteiger partial charge on any atom is 0.407 e. The molecule has 1 aromatic rings. The van der Waals surface area contributed by atoms with Gasteiger partial charge in [-0.05, 0) is 33.3 Å². The van der Waals surface area contributed by atoms with Gasteiger partial charge in [-0.2, -0.15) is 0 Å². The fraction of sp³-hybridized carbons (Fsp3) is 0.611. The molecule has 0 saturated carbocycles. The predicted molar refractivity (Wildman–Crippen MR) is 92.7 cm³/mol. The van der Waals surface area contributed by atoms with Crippen LogP contribution in [0, 0.1) is 13.8 Å². The first-order valence-corrected chi connectivity index (χ1v) is 8.37. The molecule has 0 spiro atoms. The van der Waals surface area contributed by atoms with Gasteiger partial charge in [0.2, 0.25) is 0 Å². The van der Waals surface area contributed by atoms with E-state index in [4.69, 9.17) is 14.6 Å². The molecule has 1 saturated heterocycles. The number of hydrogen-bond acceptors (Lipinski definition) is 4. The number of rotatable bonds is 2. The summed E-state index contributed by atoms with van der Waals surface area (Å²) in [7, 11) is 1.68. The SMILES string of the molecule is COc1c(C)c(N2CCN(C(=O)O)CC2)c(C)c2c1OC(C)(C)C2. The minimum absolute atomic E-state index is 0.229. The van der Waals surface area contributed by atoms with Crippen LogP contribution in [0.1, 0.15) is 30.5 Å². The molecule has 1 amide bonds. The van der Waals surface area contributed by atoms with E-state index in [-0.39, 0.29) is 5.60 Å². The third-order valence-electron chi connectivity index (χ3n) is 5.04. The van der Waals surface area contributed by atoms with E-state index in [0.717, 1.165) is 29.2 Å². The van der Waals surface area contributed by atoms with E-state index in [9.17, 15) is 4.79 Å². The number of ether oxygens (including phenoxy) is 2. The zero-order valence-corrected chi connectivity index (χ0v) is 15.1. The molecule has 0 unspecified atom stereocenters. The Kier molecular flexibility index (Phi) is 4.01. The second kappa shape index (κ2) is 5.76. The molecule has 2 heterocycles. The number of amides is 1. The fourth-order valence-corrected chi connectivity index (χ4v) is 3.91. The second-order valence-corrected chi connectivity index (χ2v) is 7.23. The lowest BCUT2D eigenvalue weighted by molar-refractivity contribution is 0.134. The van der Waals surface area contributed by atoms with Crippen LogP contribution in [0.3, 0.4) is 0 Å². The number of methoxy groups -OCH3 is 1. The standard InChI is InChI=1S/C18H26N2O4/c1-11-13-10-18(3,4)24-16(13)15(23-5)12(2)14(11)19-6-8-20(9-7-19)17(21)22/h6-10H2,1-5H3,(H,21,22). The van der Waals surface area contributed by atoms with Gasteiger partial charge in [-0.25, -0.2) is 4.79 Å². The molecular formula is C18H26N2O4. The van der Waals surface area contributed by atoms with Gasteiger partial charge in [0.25, 0.3) is 0 Å². The summed E-state index contributed by atoms with van der Waals surface area (Å²) in [6.07, 6.45) is 0.0113. The summed E-state index contributed by atoms with van der Waals surface area (Å²) < 4.78 is 11.8. The number of anilines is 1. The molecule has 6 nitrogen and oxygen atoms in total. The highest BCUT2D eigenvalue weighted by Gasteiger charge is 2.37. The Hall–Kier alpha value is -2.11. The number of carbonyl (C=O) groups is 1. The molecule has 6 heteroatoms. The fourth-order valence-electron chi connectivity index (χ4n) is 3.91.